The molecule has 0 aromatic carbocycles. The van der Waals surface area contributed by atoms with E-state index in [2.05, 4.69) is 9.97 Å². The van der Waals surface area contributed by atoms with Crippen LogP contribution in [-0.2, 0) is 18.8 Å². The molecular formula is C15H22BCl2N3O4. The van der Waals surface area contributed by atoms with Gasteiger partial charge in [0.25, 0.3) is 0 Å². The number of rotatable bonds is 5. The predicted molar refractivity (Wildman–Crippen MR) is 96.5 cm³/mol. The van der Waals surface area contributed by atoms with E-state index in [0.29, 0.717) is 5.56 Å². The second kappa shape index (κ2) is 7.27. The van der Waals surface area contributed by atoms with Gasteiger partial charge in [-0.1, -0.05) is 23.2 Å². The predicted octanol–water partition coefficient (Wildman–Crippen LogP) is 3.03. The first-order valence-electron chi connectivity index (χ1n) is 7.98. The molecule has 1 atom stereocenters. The Morgan fingerprint density at radius 1 is 1.20 bits per heavy atom. The van der Waals surface area contributed by atoms with Crippen molar-refractivity contribution in [3.8, 4) is 0 Å². The van der Waals surface area contributed by atoms with Crippen molar-refractivity contribution >= 4 is 42.2 Å². The fourth-order valence-corrected chi connectivity index (χ4v) is 3.21. The Kier molecular flexibility index (Phi) is 5.88. The molecule has 2 heterocycles. The van der Waals surface area contributed by atoms with Crippen LogP contribution >= 0.6 is 23.2 Å². The van der Waals surface area contributed by atoms with Crippen molar-refractivity contribution in [2.45, 2.75) is 58.1 Å². The number of ether oxygens (including phenoxy) is 1. The van der Waals surface area contributed by atoms with Gasteiger partial charge in [0.1, 0.15) is 10.3 Å². The van der Waals surface area contributed by atoms with Crippen LogP contribution in [0.2, 0.25) is 10.3 Å². The minimum Gasteiger partial charge on any atom is -0.466 e. The number of carbonyl (C=O) groups is 1. The van der Waals surface area contributed by atoms with Gasteiger partial charge in [-0.3, -0.25) is 4.79 Å². The van der Waals surface area contributed by atoms with Crippen LogP contribution in [0.25, 0.3) is 0 Å². The van der Waals surface area contributed by atoms with Gasteiger partial charge in [0.05, 0.1) is 24.2 Å². The summed E-state index contributed by atoms with van der Waals surface area (Å²) in [6.45, 7) is 9.64. The summed E-state index contributed by atoms with van der Waals surface area (Å²) in [6.07, 6.45) is -0.0443. The first kappa shape index (κ1) is 20.2. The number of aromatic nitrogens is 2. The average molecular weight is 390 g/mol. The third kappa shape index (κ3) is 4.19. The lowest BCUT2D eigenvalue weighted by atomic mass is 9.66. The zero-order valence-electron chi connectivity index (χ0n) is 14.9. The minimum absolute atomic E-state index is 0.0443. The SMILES string of the molecule is CCOC(=O)CC(B1OC(C)(C)C(C)(C)O1)c1c(Cl)nc(N)nc1Cl. The summed E-state index contributed by atoms with van der Waals surface area (Å²) in [5, 5.41) is 0.114. The molecule has 2 rings (SSSR count). The summed E-state index contributed by atoms with van der Waals surface area (Å²) in [6, 6.07) is 0. The van der Waals surface area contributed by atoms with Crippen LogP contribution in [0.5, 0.6) is 0 Å². The van der Waals surface area contributed by atoms with Gasteiger partial charge in [-0.15, -0.1) is 0 Å². The van der Waals surface area contributed by atoms with Gasteiger partial charge in [0, 0.05) is 11.4 Å². The van der Waals surface area contributed by atoms with E-state index < -0.39 is 30.1 Å². The molecule has 1 aliphatic rings. The fourth-order valence-electron chi connectivity index (χ4n) is 2.52. The molecule has 1 aliphatic heterocycles. The third-order valence-corrected chi connectivity index (χ3v) is 5.11. The lowest BCUT2D eigenvalue weighted by Gasteiger charge is -2.32. The Morgan fingerprint density at radius 2 is 1.68 bits per heavy atom. The van der Waals surface area contributed by atoms with E-state index >= 15 is 0 Å². The Morgan fingerprint density at radius 3 is 2.12 bits per heavy atom. The first-order chi connectivity index (χ1) is 11.5. The maximum Gasteiger partial charge on any atom is 0.466 e. The van der Waals surface area contributed by atoms with Gasteiger partial charge in [0.2, 0.25) is 5.95 Å². The van der Waals surface area contributed by atoms with Crippen molar-refractivity contribution in [1.82, 2.24) is 9.97 Å². The average Bonchev–Trinajstić information content (AvgIpc) is 2.65. The largest absolute Gasteiger partial charge is 0.466 e. The van der Waals surface area contributed by atoms with Crippen LogP contribution in [0.15, 0.2) is 0 Å². The van der Waals surface area contributed by atoms with E-state index in [1.54, 1.807) is 6.92 Å². The molecule has 0 aliphatic carbocycles. The molecule has 0 spiro atoms. The molecule has 0 bridgehead atoms. The zero-order valence-corrected chi connectivity index (χ0v) is 16.4. The highest BCUT2D eigenvalue weighted by molar-refractivity contribution is 6.49. The van der Waals surface area contributed by atoms with Crippen molar-refractivity contribution in [2.75, 3.05) is 12.3 Å². The summed E-state index contributed by atoms with van der Waals surface area (Å²) in [7, 11) is -0.767. The van der Waals surface area contributed by atoms with Gasteiger partial charge in [-0.25, -0.2) is 9.97 Å². The molecular weight excluding hydrogens is 368 g/mol. The van der Waals surface area contributed by atoms with Crippen LogP contribution in [0, 0.1) is 0 Å². The van der Waals surface area contributed by atoms with Gasteiger partial charge in [-0.05, 0) is 34.6 Å². The smallest absolute Gasteiger partial charge is 0.466 e. The summed E-state index contributed by atoms with van der Waals surface area (Å²) < 4.78 is 17.2. The Labute approximate surface area is 157 Å². The number of esters is 1. The highest BCUT2D eigenvalue weighted by Crippen LogP contribution is 2.44. The highest BCUT2D eigenvalue weighted by atomic mass is 35.5. The molecule has 10 heteroatoms. The number of nitrogens with two attached hydrogens (primary N) is 1. The molecule has 7 nitrogen and oxygen atoms in total. The van der Waals surface area contributed by atoms with Crippen LogP contribution in [0.3, 0.4) is 0 Å². The Bertz CT molecular complexity index is 633. The first-order valence-corrected chi connectivity index (χ1v) is 8.73. The maximum absolute atomic E-state index is 12.1. The molecule has 1 unspecified atom stereocenters. The number of halogens is 2. The Balaban J connectivity index is 2.44. The molecule has 1 saturated heterocycles. The lowest BCUT2D eigenvalue weighted by molar-refractivity contribution is -0.143. The number of nitrogen functional groups attached to an aromatic ring is 1. The van der Waals surface area contributed by atoms with Crippen molar-refractivity contribution in [2.24, 2.45) is 0 Å². The number of anilines is 1. The van der Waals surface area contributed by atoms with E-state index in [9.17, 15) is 4.79 Å². The van der Waals surface area contributed by atoms with Crippen LogP contribution < -0.4 is 5.73 Å². The molecule has 1 aromatic rings. The molecule has 0 saturated carbocycles. The van der Waals surface area contributed by atoms with Gasteiger partial charge in [0.15, 0.2) is 0 Å². The third-order valence-electron chi connectivity index (χ3n) is 4.53. The van der Waals surface area contributed by atoms with E-state index in [1.807, 2.05) is 27.7 Å². The second-order valence-electron chi connectivity index (χ2n) is 6.82. The van der Waals surface area contributed by atoms with E-state index in [4.69, 9.17) is 43.0 Å². The quantitative estimate of drug-likeness (QED) is 0.469. The molecule has 138 valence electrons. The fraction of sp³-hybridized carbons (Fsp3) is 0.667. The molecule has 1 aromatic heterocycles. The van der Waals surface area contributed by atoms with Gasteiger partial charge >= 0.3 is 13.1 Å². The van der Waals surface area contributed by atoms with Crippen molar-refractivity contribution < 1.29 is 18.8 Å². The van der Waals surface area contributed by atoms with Crippen LogP contribution in [-0.4, -0.2) is 40.9 Å². The summed E-state index contributed by atoms with van der Waals surface area (Å²) in [4.78, 5) is 20.0. The molecule has 2 N–H and O–H groups in total. The van der Waals surface area contributed by atoms with Gasteiger partial charge < -0.3 is 19.8 Å². The number of nitrogens with zero attached hydrogens (tertiary/aromatic N) is 2. The number of hydrogen-bond acceptors (Lipinski definition) is 7. The van der Waals surface area contributed by atoms with Crippen LogP contribution in [0.4, 0.5) is 5.95 Å². The van der Waals surface area contributed by atoms with E-state index in [-0.39, 0.29) is 29.3 Å². The highest BCUT2D eigenvalue weighted by Gasteiger charge is 2.55. The number of carbonyl (C=O) groups excluding carboxylic acids is 1. The molecule has 1 fully saturated rings. The molecule has 0 radical (unpaired) electrons. The summed E-state index contributed by atoms with van der Waals surface area (Å²) >= 11 is 12.5. The number of hydrogen-bond donors (Lipinski definition) is 1. The van der Waals surface area contributed by atoms with Crippen molar-refractivity contribution in [3.05, 3.63) is 15.9 Å². The Hall–Kier alpha value is -1.09. The maximum atomic E-state index is 12.1. The molecule has 0 amide bonds. The second-order valence-corrected chi connectivity index (χ2v) is 7.53. The van der Waals surface area contributed by atoms with Crippen molar-refractivity contribution in [1.29, 1.82) is 0 Å². The van der Waals surface area contributed by atoms with E-state index in [1.165, 1.54) is 0 Å². The minimum atomic E-state index is -0.767. The summed E-state index contributed by atoms with van der Waals surface area (Å²) in [5.74, 6) is -1.12. The summed E-state index contributed by atoms with van der Waals surface area (Å²) in [5.41, 5.74) is 4.75. The van der Waals surface area contributed by atoms with Gasteiger partial charge in [-0.2, -0.15) is 0 Å². The monoisotopic (exact) mass is 389 g/mol. The lowest BCUT2D eigenvalue weighted by Crippen LogP contribution is -2.41. The standard InChI is InChI=1S/C15H22BCl2N3O4/c1-6-23-9(22)7-8(10-11(17)20-13(19)21-12(10)18)16-24-14(2,3)15(4,5)25-16/h8H,6-7H2,1-5H3,(H2,19,20,21). The molecule has 25 heavy (non-hydrogen) atoms. The van der Waals surface area contributed by atoms with Crippen molar-refractivity contribution in [3.63, 3.8) is 0 Å². The topological polar surface area (TPSA) is 96.6 Å². The van der Waals surface area contributed by atoms with E-state index in [0.717, 1.165) is 0 Å². The van der Waals surface area contributed by atoms with Crippen LogP contribution in [0.1, 0.15) is 52.4 Å². The normalized spacial score (nSPS) is 19.7. The zero-order chi connectivity index (χ0) is 19.0.